The predicted octanol–water partition coefficient (Wildman–Crippen LogP) is 13.7. The molecule has 3 heteroatoms. The van der Waals surface area contributed by atoms with Gasteiger partial charge in [-0.05, 0) is 64.2 Å². The molecule has 47 heavy (non-hydrogen) atoms. The Morgan fingerprint density at radius 3 is 1.26 bits per heavy atom. The number of allylic oxidation sites excluding steroid dienone is 4. The molecule has 1 aliphatic heterocycles. The average molecular weight is 661 g/mol. The van der Waals surface area contributed by atoms with Crippen molar-refractivity contribution < 1.29 is 14.0 Å². The highest BCUT2D eigenvalue weighted by Crippen LogP contribution is 2.19. The van der Waals surface area contributed by atoms with Gasteiger partial charge in [-0.2, -0.15) is 0 Å². The van der Waals surface area contributed by atoms with E-state index in [1.807, 2.05) is 0 Å². The van der Waals surface area contributed by atoms with Crippen molar-refractivity contribution in [1.29, 1.82) is 0 Å². The molecule has 0 aromatic rings. The number of ether oxygens (including phenoxy) is 2. The molecular weight excluding hydrogens is 574 g/mol. The molecule has 1 atom stereocenters. The second-order valence-electron chi connectivity index (χ2n) is 15.4. The molecule has 0 N–H and O–H groups in total. The van der Waals surface area contributed by atoms with Gasteiger partial charge in [0.05, 0.1) is 26.7 Å². The van der Waals surface area contributed by atoms with E-state index in [0.29, 0.717) is 0 Å². The van der Waals surface area contributed by atoms with Crippen LogP contribution < -0.4 is 0 Å². The Morgan fingerprint density at radius 1 is 0.468 bits per heavy atom. The van der Waals surface area contributed by atoms with Crippen molar-refractivity contribution in [1.82, 2.24) is 0 Å². The molecule has 0 amide bonds. The fourth-order valence-corrected chi connectivity index (χ4v) is 7.19. The van der Waals surface area contributed by atoms with Gasteiger partial charge in [-0.25, -0.2) is 0 Å². The van der Waals surface area contributed by atoms with Crippen LogP contribution in [-0.4, -0.2) is 57.1 Å². The number of quaternary nitrogens is 1. The molecule has 1 heterocycles. The van der Waals surface area contributed by atoms with Crippen LogP contribution in [0, 0.1) is 0 Å². The summed E-state index contributed by atoms with van der Waals surface area (Å²) >= 11 is 0. The molecule has 0 spiro atoms. The quantitative estimate of drug-likeness (QED) is 0.0375. The van der Waals surface area contributed by atoms with Crippen molar-refractivity contribution >= 4 is 0 Å². The maximum absolute atomic E-state index is 6.47. The number of unbranched alkanes of at least 4 members (excludes halogenated alkanes) is 24. The summed E-state index contributed by atoms with van der Waals surface area (Å²) in [6.45, 7) is 10.9. The lowest BCUT2D eigenvalue weighted by molar-refractivity contribution is -0.900. The SMILES string of the molecule is CCCCCCCC/C=C\CCCCCCCCOCC(C[N+]1(C)CCCC1)OCCCCCCCC/C=C\CCCCCCCC. The molecule has 0 aliphatic carbocycles. The predicted molar refractivity (Wildman–Crippen MR) is 209 cm³/mol. The zero-order valence-electron chi connectivity index (χ0n) is 32.6. The van der Waals surface area contributed by atoms with Crippen molar-refractivity contribution in [3.63, 3.8) is 0 Å². The van der Waals surface area contributed by atoms with E-state index in [0.717, 1.165) is 26.4 Å². The standard InChI is InChI=1S/C44H86NO2/c1-4-6-8-10-12-14-16-18-20-22-24-26-28-30-32-36-40-46-43-44(42-45(3)38-34-35-39-45)47-41-37-33-31-29-27-25-23-21-19-17-15-13-11-9-7-5-2/h18-21,44H,4-17,22-43H2,1-3H3/q+1/b20-18-,21-19-. The van der Waals surface area contributed by atoms with Crippen molar-refractivity contribution in [2.75, 3.05) is 46.5 Å². The van der Waals surface area contributed by atoms with Crippen LogP contribution in [0.1, 0.15) is 206 Å². The van der Waals surface area contributed by atoms with E-state index in [-0.39, 0.29) is 6.10 Å². The minimum atomic E-state index is 0.260. The van der Waals surface area contributed by atoms with Crippen LogP contribution in [0.3, 0.4) is 0 Å². The number of hydrogen-bond donors (Lipinski definition) is 0. The van der Waals surface area contributed by atoms with Crippen molar-refractivity contribution in [2.24, 2.45) is 0 Å². The summed E-state index contributed by atoms with van der Waals surface area (Å²) < 4.78 is 13.8. The maximum atomic E-state index is 6.47. The summed E-state index contributed by atoms with van der Waals surface area (Å²) in [5, 5.41) is 0. The largest absolute Gasteiger partial charge is 0.379 e. The lowest BCUT2D eigenvalue weighted by Gasteiger charge is -2.33. The number of likely N-dealkylation sites (tertiary alicyclic amines) is 1. The molecule has 0 saturated carbocycles. The Bertz CT molecular complexity index is 668. The Kier molecular flexibility index (Phi) is 33.2. The summed E-state index contributed by atoms with van der Waals surface area (Å²) in [6, 6.07) is 0. The minimum Gasteiger partial charge on any atom is -0.379 e. The molecular formula is C44H86NO2+. The minimum absolute atomic E-state index is 0.260. The van der Waals surface area contributed by atoms with Crippen LogP contribution in [-0.2, 0) is 9.47 Å². The zero-order valence-corrected chi connectivity index (χ0v) is 32.6. The topological polar surface area (TPSA) is 18.5 Å². The van der Waals surface area contributed by atoms with Crippen LogP contribution in [0.4, 0.5) is 0 Å². The summed E-state index contributed by atoms with van der Waals surface area (Å²) in [7, 11) is 2.43. The second kappa shape index (κ2) is 35.2. The highest BCUT2D eigenvalue weighted by Gasteiger charge is 2.30. The fourth-order valence-electron chi connectivity index (χ4n) is 7.19. The first kappa shape index (κ1) is 44.4. The van der Waals surface area contributed by atoms with E-state index < -0.39 is 0 Å². The third kappa shape index (κ3) is 31.1. The van der Waals surface area contributed by atoms with Crippen molar-refractivity contribution in [3.05, 3.63) is 24.3 Å². The molecule has 0 radical (unpaired) electrons. The van der Waals surface area contributed by atoms with E-state index in [9.17, 15) is 0 Å². The first-order valence-corrected chi connectivity index (χ1v) is 21.5. The monoisotopic (exact) mass is 661 g/mol. The van der Waals surface area contributed by atoms with Gasteiger partial charge in [0.25, 0.3) is 0 Å². The van der Waals surface area contributed by atoms with Gasteiger partial charge in [0.15, 0.2) is 0 Å². The number of likely N-dealkylation sites (N-methyl/N-ethyl adjacent to an activating group) is 1. The third-order valence-corrected chi connectivity index (χ3v) is 10.4. The molecule has 1 saturated heterocycles. The first-order valence-electron chi connectivity index (χ1n) is 21.5. The normalized spacial score (nSPS) is 15.5. The molecule has 1 aliphatic rings. The molecule has 3 nitrogen and oxygen atoms in total. The van der Waals surface area contributed by atoms with Gasteiger partial charge < -0.3 is 14.0 Å². The Hall–Kier alpha value is -0.640. The van der Waals surface area contributed by atoms with Crippen molar-refractivity contribution in [3.8, 4) is 0 Å². The summed E-state index contributed by atoms with van der Waals surface area (Å²) in [5.41, 5.74) is 0. The van der Waals surface area contributed by atoms with Gasteiger partial charge in [0.1, 0.15) is 12.6 Å². The number of hydrogen-bond acceptors (Lipinski definition) is 2. The van der Waals surface area contributed by atoms with Gasteiger partial charge in [-0.1, -0.05) is 154 Å². The van der Waals surface area contributed by atoms with E-state index in [1.54, 1.807) is 0 Å². The van der Waals surface area contributed by atoms with E-state index in [1.165, 1.54) is 210 Å². The Balaban J connectivity index is 1.99. The lowest BCUT2D eigenvalue weighted by Crippen LogP contribution is -2.48. The molecule has 278 valence electrons. The second-order valence-corrected chi connectivity index (χ2v) is 15.4. The average Bonchev–Trinajstić information content (AvgIpc) is 3.51. The van der Waals surface area contributed by atoms with Crippen LogP contribution in [0.2, 0.25) is 0 Å². The van der Waals surface area contributed by atoms with E-state index in [4.69, 9.17) is 9.47 Å². The van der Waals surface area contributed by atoms with Crippen LogP contribution in [0.5, 0.6) is 0 Å². The smallest absolute Gasteiger partial charge is 0.130 e. The van der Waals surface area contributed by atoms with Gasteiger partial charge in [-0.15, -0.1) is 0 Å². The lowest BCUT2D eigenvalue weighted by atomic mass is 10.1. The summed E-state index contributed by atoms with van der Waals surface area (Å²) in [5.74, 6) is 0. The van der Waals surface area contributed by atoms with Crippen LogP contribution in [0.25, 0.3) is 0 Å². The van der Waals surface area contributed by atoms with E-state index in [2.05, 4.69) is 45.2 Å². The highest BCUT2D eigenvalue weighted by atomic mass is 16.5. The van der Waals surface area contributed by atoms with Gasteiger partial charge in [-0.3, -0.25) is 0 Å². The highest BCUT2D eigenvalue weighted by molar-refractivity contribution is 4.82. The van der Waals surface area contributed by atoms with E-state index >= 15 is 0 Å². The molecule has 0 aromatic heterocycles. The summed E-state index contributed by atoms with van der Waals surface area (Å²) in [6.07, 6.45) is 50.6. The number of rotatable bonds is 37. The van der Waals surface area contributed by atoms with Gasteiger partial charge in [0.2, 0.25) is 0 Å². The van der Waals surface area contributed by atoms with Crippen LogP contribution >= 0.6 is 0 Å². The Morgan fingerprint density at radius 2 is 0.830 bits per heavy atom. The maximum Gasteiger partial charge on any atom is 0.130 e. The Labute approximate surface area is 296 Å². The third-order valence-electron chi connectivity index (χ3n) is 10.4. The molecule has 0 aromatic carbocycles. The first-order chi connectivity index (χ1) is 23.2. The zero-order chi connectivity index (χ0) is 33.8. The molecule has 1 rings (SSSR count). The molecule has 0 bridgehead atoms. The molecule has 1 fully saturated rings. The summed E-state index contributed by atoms with van der Waals surface area (Å²) in [4.78, 5) is 0. The molecule has 1 unspecified atom stereocenters. The van der Waals surface area contributed by atoms with Gasteiger partial charge >= 0.3 is 0 Å². The van der Waals surface area contributed by atoms with Crippen molar-refractivity contribution in [2.45, 2.75) is 213 Å². The van der Waals surface area contributed by atoms with Gasteiger partial charge in [0, 0.05) is 26.1 Å². The number of nitrogens with zero attached hydrogens (tertiary/aromatic N) is 1. The fraction of sp³-hybridized carbons (Fsp3) is 0.909. The van der Waals surface area contributed by atoms with Crippen LogP contribution in [0.15, 0.2) is 24.3 Å².